The first-order valence-electron chi connectivity index (χ1n) is 3.57. The van der Waals surface area contributed by atoms with Crippen molar-refractivity contribution in [1.29, 1.82) is 0 Å². The van der Waals surface area contributed by atoms with Crippen molar-refractivity contribution in [1.82, 2.24) is 9.36 Å². The van der Waals surface area contributed by atoms with E-state index >= 15 is 0 Å². The largest absolute Gasteiger partial charge is 0.358 e. The Bertz CT molecular complexity index is 238. The monoisotopic (exact) mass is 225 g/mol. The fourth-order valence-electron chi connectivity index (χ4n) is 0.634. The predicted molar refractivity (Wildman–Crippen MR) is 53.3 cm³/mol. The Morgan fingerprint density at radius 1 is 1.58 bits per heavy atom. The summed E-state index contributed by atoms with van der Waals surface area (Å²) in [5, 5.41) is 3.76. The van der Waals surface area contributed by atoms with Gasteiger partial charge in [-0.2, -0.15) is 4.37 Å². The summed E-state index contributed by atoms with van der Waals surface area (Å²) >= 11 is 12.4. The minimum Gasteiger partial charge on any atom is -0.358 e. The molecule has 1 aromatic rings. The Kier molecular flexibility index (Phi) is 4.05. The molecule has 0 unspecified atom stereocenters. The number of halogens is 2. The molecule has 12 heavy (non-hydrogen) atoms. The van der Waals surface area contributed by atoms with Gasteiger partial charge in [-0.25, -0.2) is 4.98 Å². The van der Waals surface area contributed by atoms with Crippen LogP contribution in [0.5, 0.6) is 0 Å². The van der Waals surface area contributed by atoms with E-state index in [1.807, 2.05) is 6.92 Å². The van der Waals surface area contributed by atoms with Gasteiger partial charge in [0, 0.05) is 24.5 Å². The van der Waals surface area contributed by atoms with E-state index in [1.54, 1.807) is 0 Å². The van der Waals surface area contributed by atoms with E-state index in [1.165, 1.54) is 11.5 Å². The van der Waals surface area contributed by atoms with Crippen molar-refractivity contribution in [3.05, 3.63) is 5.82 Å². The zero-order valence-electron chi connectivity index (χ0n) is 6.55. The number of hydrogen-bond donors (Lipinski definition) is 1. The summed E-state index contributed by atoms with van der Waals surface area (Å²) < 4.78 is 4.09. The smallest absolute Gasteiger partial charge is 0.202 e. The fraction of sp³-hybridized carbons (Fsp3) is 0.667. The van der Waals surface area contributed by atoms with E-state index in [4.69, 9.17) is 23.2 Å². The Labute approximate surface area is 85.3 Å². The van der Waals surface area contributed by atoms with Gasteiger partial charge in [-0.1, -0.05) is 6.92 Å². The maximum absolute atomic E-state index is 5.53. The molecule has 3 nitrogen and oxygen atoms in total. The van der Waals surface area contributed by atoms with E-state index < -0.39 is 4.84 Å². The molecule has 1 N–H and O–H groups in total. The van der Waals surface area contributed by atoms with Crippen molar-refractivity contribution in [3.63, 3.8) is 0 Å². The Balaban J connectivity index is 2.41. The highest BCUT2D eigenvalue weighted by atomic mass is 35.5. The lowest BCUT2D eigenvalue weighted by Gasteiger charge is -2.00. The molecule has 0 bridgehead atoms. The normalized spacial score (nSPS) is 10.7. The van der Waals surface area contributed by atoms with Gasteiger partial charge in [-0.05, 0) is 0 Å². The van der Waals surface area contributed by atoms with E-state index in [9.17, 15) is 0 Å². The molecule has 0 spiro atoms. The Morgan fingerprint density at radius 2 is 2.33 bits per heavy atom. The van der Waals surface area contributed by atoms with Gasteiger partial charge in [0.05, 0.1) is 0 Å². The van der Waals surface area contributed by atoms with Crippen LogP contribution in [0.3, 0.4) is 0 Å². The Morgan fingerprint density at radius 3 is 2.83 bits per heavy atom. The molecular weight excluding hydrogens is 217 g/mol. The van der Waals surface area contributed by atoms with Crippen LogP contribution in [0, 0.1) is 0 Å². The number of alkyl halides is 2. The average Bonchev–Trinajstić information content (AvgIpc) is 2.48. The van der Waals surface area contributed by atoms with Crippen molar-refractivity contribution in [2.45, 2.75) is 18.2 Å². The number of aryl methyl sites for hydroxylation is 1. The van der Waals surface area contributed by atoms with Crippen LogP contribution in [0.25, 0.3) is 0 Å². The summed E-state index contributed by atoms with van der Waals surface area (Å²) in [5.41, 5.74) is 0. The van der Waals surface area contributed by atoms with Crippen molar-refractivity contribution in [3.8, 4) is 0 Å². The van der Waals surface area contributed by atoms with E-state index in [-0.39, 0.29) is 0 Å². The minimum absolute atomic E-state index is 0.404. The standard InChI is InChI=1S/C6H9Cl2N3S/c1-2-5-10-6(12-11-5)9-3-4(7)8/h4H,2-3H2,1H3,(H,9,10,11). The molecule has 1 rings (SSSR count). The van der Waals surface area contributed by atoms with Crippen molar-refractivity contribution >= 4 is 39.9 Å². The van der Waals surface area contributed by atoms with Gasteiger partial charge in [0.15, 0.2) is 0 Å². The number of anilines is 1. The van der Waals surface area contributed by atoms with Gasteiger partial charge in [0.1, 0.15) is 10.7 Å². The van der Waals surface area contributed by atoms with Crippen molar-refractivity contribution in [2.24, 2.45) is 0 Å². The second kappa shape index (κ2) is 4.84. The first-order chi connectivity index (χ1) is 5.72. The maximum Gasteiger partial charge on any atom is 0.202 e. The van der Waals surface area contributed by atoms with E-state index in [0.717, 1.165) is 17.4 Å². The molecule has 6 heteroatoms. The van der Waals surface area contributed by atoms with E-state index in [0.29, 0.717) is 6.54 Å². The average molecular weight is 226 g/mol. The van der Waals surface area contributed by atoms with Crippen LogP contribution in [-0.2, 0) is 6.42 Å². The van der Waals surface area contributed by atoms with Gasteiger partial charge in [-0.3, -0.25) is 0 Å². The summed E-state index contributed by atoms with van der Waals surface area (Å²) in [6, 6.07) is 0. The molecule has 0 aliphatic heterocycles. The molecule has 1 aromatic heterocycles. The van der Waals surface area contributed by atoms with Crippen LogP contribution in [0.15, 0.2) is 0 Å². The van der Waals surface area contributed by atoms with Crippen LogP contribution >= 0.6 is 34.7 Å². The third kappa shape index (κ3) is 3.13. The van der Waals surface area contributed by atoms with Gasteiger partial charge in [0.2, 0.25) is 5.13 Å². The highest BCUT2D eigenvalue weighted by Gasteiger charge is 2.03. The third-order valence-electron chi connectivity index (χ3n) is 1.19. The highest BCUT2D eigenvalue weighted by Crippen LogP contribution is 2.12. The SMILES string of the molecule is CCc1nsc(NCC(Cl)Cl)n1. The van der Waals surface area contributed by atoms with Gasteiger partial charge in [0.25, 0.3) is 0 Å². The summed E-state index contributed by atoms with van der Waals surface area (Å²) in [6.45, 7) is 2.51. The highest BCUT2D eigenvalue weighted by molar-refractivity contribution is 7.09. The summed E-state index contributed by atoms with van der Waals surface area (Å²) in [4.78, 5) is 3.78. The summed E-state index contributed by atoms with van der Waals surface area (Å²) in [6.07, 6.45) is 0.851. The molecule has 0 atom stereocenters. The molecule has 0 radical (unpaired) electrons. The van der Waals surface area contributed by atoms with E-state index in [2.05, 4.69) is 14.7 Å². The van der Waals surface area contributed by atoms with Crippen molar-refractivity contribution < 1.29 is 0 Å². The number of rotatable bonds is 4. The number of aromatic nitrogens is 2. The Hall–Kier alpha value is -0.0600. The zero-order chi connectivity index (χ0) is 8.97. The number of nitrogens with one attached hydrogen (secondary N) is 1. The molecule has 1 heterocycles. The van der Waals surface area contributed by atoms with Gasteiger partial charge >= 0.3 is 0 Å². The minimum atomic E-state index is -0.404. The first-order valence-corrected chi connectivity index (χ1v) is 5.21. The molecule has 0 amide bonds. The summed E-state index contributed by atoms with van der Waals surface area (Å²) in [7, 11) is 0. The van der Waals surface area contributed by atoms with Gasteiger partial charge in [-0.15, -0.1) is 23.2 Å². The third-order valence-corrected chi connectivity index (χ3v) is 2.21. The van der Waals surface area contributed by atoms with Crippen LogP contribution in [-0.4, -0.2) is 20.7 Å². The lowest BCUT2D eigenvalue weighted by atomic mass is 10.5. The van der Waals surface area contributed by atoms with Crippen LogP contribution < -0.4 is 5.32 Å². The lowest BCUT2D eigenvalue weighted by molar-refractivity contribution is 0.994. The topological polar surface area (TPSA) is 37.8 Å². The predicted octanol–water partition coefficient (Wildman–Crippen LogP) is 2.32. The molecule has 0 aliphatic rings. The molecule has 0 saturated heterocycles. The van der Waals surface area contributed by atoms with Crippen LogP contribution in [0.4, 0.5) is 5.13 Å². The van der Waals surface area contributed by atoms with Crippen LogP contribution in [0.2, 0.25) is 0 Å². The number of nitrogens with zero attached hydrogens (tertiary/aromatic N) is 2. The molecule has 68 valence electrons. The second-order valence-electron chi connectivity index (χ2n) is 2.14. The number of hydrogen-bond acceptors (Lipinski definition) is 4. The molecular formula is C6H9Cl2N3S. The van der Waals surface area contributed by atoms with Crippen molar-refractivity contribution in [2.75, 3.05) is 11.9 Å². The molecule has 0 aliphatic carbocycles. The fourth-order valence-corrected chi connectivity index (χ4v) is 1.44. The molecule has 0 fully saturated rings. The summed E-state index contributed by atoms with van der Waals surface area (Å²) in [5.74, 6) is 0.850. The van der Waals surface area contributed by atoms with Gasteiger partial charge < -0.3 is 5.32 Å². The maximum atomic E-state index is 5.53. The quantitative estimate of drug-likeness (QED) is 0.800. The lowest BCUT2D eigenvalue weighted by Crippen LogP contribution is -2.08. The zero-order valence-corrected chi connectivity index (χ0v) is 8.88. The van der Waals surface area contributed by atoms with Crippen LogP contribution in [0.1, 0.15) is 12.7 Å². The molecule has 0 aromatic carbocycles. The first kappa shape index (κ1) is 10.0. The molecule has 0 saturated carbocycles. The second-order valence-corrected chi connectivity index (χ2v) is 4.17.